The van der Waals surface area contributed by atoms with Crippen molar-refractivity contribution in [3.05, 3.63) is 29.3 Å². The van der Waals surface area contributed by atoms with Crippen LogP contribution in [0.5, 0.6) is 0 Å². The van der Waals surface area contributed by atoms with Gasteiger partial charge in [0.05, 0.1) is 0 Å². The van der Waals surface area contributed by atoms with Crippen molar-refractivity contribution in [3.8, 4) is 0 Å². The first kappa shape index (κ1) is 13.8. The summed E-state index contributed by atoms with van der Waals surface area (Å²) < 4.78 is 0. The van der Waals surface area contributed by atoms with Gasteiger partial charge in [-0.25, -0.2) is 0 Å². The zero-order valence-electron chi connectivity index (χ0n) is 11.4. The smallest absolute Gasteiger partial charge is 0.200 e. The summed E-state index contributed by atoms with van der Waals surface area (Å²) in [6, 6.07) is 6.68. The average molecular weight is 276 g/mol. The molecule has 5 heteroatoms. The zero-order valence-corrected chi connectivity index (χ0v) is 12.2. The molecule has 19 heavy (non-hydrogen) atoms. The van der Waals surface area contributed by atoms with Crippen molar-refractivity contribution >= 4 is 29.0 Å². The molecule has 0 aromatic heterocycles. The minimum absolute atomic E-state index is 0.335. The Hall–Kier alpha value is -1.62. The van der Waals surface area contributed by atoms with Gasteiger partial charge in [-0.3, -0.25) is 0 Å². The summed E-state index contributed by atoms with van der Waals surface area (Å²) >= 11 is 5.14. The van der Waals surface area contributed by atoms with Crippen LogP contribution in [0.2, 0.25) is 0 Å². The van der Waals surface area contributed by atoms with Crippen molar-refractivity contribution in [2.45, 2.75) is 39.2 Å². The van der Waals surface area contributed by atoms with Crippen molar-refractivity contribution in [1.29, 1.82) is 0 Å². The number of aryl methyl sites for hydroxylation is 2. The third-order valence-electron chi connectivity index (χ3n) is 3.12. The molecule has 0 bridgehead atoms. The molecular formula is C14H20N4S. The molecule has 1 aromatic rings. The molecule has 0 aliphatic heterocycles. The summed E-state index contributed by atoms with van der Waals surface area (Å²) in [5, 5.41) is 6.75. The highest BCUT2D eigenvalue weighted by atomic mass is 32.1. The SMILES string of the molecule is CCc1cccc(C)c1NC(N)=NC(=S)NC1CC1. The van der Waals surface area contributed by atoms with Gasteiger partial charge >= 0.3 is 0 Å². The number of thiocarbonyl (C=S) groups is 1. The van der Waals surface area contributed by atoms with Crippen molar-refractivity contribution in [3.63, 3.8) is 0 Å². The number of aliphatic imine (C=N–C) groups is 1. The molecule has 0 saturated heterocycles. The van der Waals surface area contributed by atoms with Crippen LogP contribution in [0, 0.1) is 6.92 Å². The zero-order chi connectivity index (χ0) is 13.8. The maximum absolute atomic E-state index is 5.91. The van der Waals surface area contributed by atoms with E-state index in [0.29, 0.717) is 17.1 Å². The van der Waals surface area contributed by atoms with E-state index in [-0.39, 0.29) is 0 Å². The van der Waals surface area contributed by atoms with Crippen molar-refractivity contribution in [2.24, 2.45) is 10.7 Å². The molecule has 1 aromatic carbocycles. The van der Waals surface area contributed by atoms with E-state index in [1.807, 2.05) is 6.07 Å². The maximum Gasteiger partial charge on any atom is 0.200 e. The highest BCUT2D eigenvalue weighted by Gasteiger charge is 2.21. The van der Waals surface area contributed by atoms with E-state index in [2.05, 4.69) is 41.6 Å². The van der Waals surface area contributed by atoms with Gasteiger partial charge in [0.15, 0.2) is 5.11 Å². The molecule has 0 unspecified atom stereocenters. The average Bonchev–Trinajstić information content (AvgIpc) is 3.15. The first-order valence-corrected chi connectivity index (χ1v) is 7.01. The summed E-state index contributed by atoms with van der Waals surface area (Å²) in [6.45, 7) is 4.17. The van der Waals surface area contributed by atoms with E-state index in [1.165, 1.54) is 18.4 Å². The number of nitrogens with one attached hydrogen (secondary N) is 2. The molecule has 0 amide bonds. The molecule has 1 aliphatic carbocycles. The second-order valence-electron chi connectivity index (χ2n) is 4.81. The predicted molar refractivity (Wildman–Crippen MR) is 84.6 cm³/mol. The normalized spacial score (nSPS) is 15.2. The van der Waals surface area contributed by atoms with E-state index < -0.39 is 0 Å². The van der Waals surface area contributed by atoms with Crippen molar-refractivity contribution in [2.75, 3.05) is 5.32 Å². The maximum atomic E-state index is 5.91. The second-order valence-corrected chi connectivity index (χ2v) is 5.20. The Morgan fingerprint density at radius 1 is 1.47 bits per heavy atom. The van der Waals surface area contributed by atoms with Crippen LogP contribution in [0.25, 0.3) is 0 Å². The molecule has 2 rings (SSSR count). The van der Waals surface area contributed by atoms with Gasteiger partial charge in [-0.15, -0.1) is 0 Å². The molecule has 102 valence electrons. The van der Waals surface area contributed by atoms with Crippen LogP contribution in [0.3, 0.4) is 0 Å². The molecule has 4 nitrogen and oxygen atoms in total. The first-order valence-electron chi connectivity index (χ1n) is 6.60. The van der Waals surface area contributed by atoms with Crippen molar-refractivity contribution < 1.29 is 0 Å². The number of nitrogens with zero attached hydrogens (tertiary/aromatic N) is 1. The Morgan fingerprint density at radius 2 is 2.21 bits per heavy atom. The Bertz CT molecular complexity index is 506. The van der Waals surface area contributed by atoms with E-state index in [4.69, 9.17) is 18.0 Å². The topological polar surface area (TPSA) is 62.4 Å². The quantitative estimate of drug-likeness (QED) is 0.450. The van der Waals surface area contributed by atoms with Crippen LogP contribution < -0.4 is 16.4 Å². The van der Waals surface area contributed by atoms with Crippen LogP contribution in [0.4, 0.5) is 5.69 Å². The van der Waals surface area contributed by atoms with Gasteiger partial charge in [0.2, 0.25) is 5.96 Å². The Kier molecular flexibility index (Phi) is 4.37. The fourth-order valence-electron chi connectivity index (χ4n) is 1.90. The minimum atomic E-state index is 0.335. The van der Waals surface area contributed by atoms with E-state index >= 15 is 0 Å². The standard InChI is InChI=1S/C14H20N4S/c1-3-10-6-4-5-9(2)12(10)17-13(15)18-14(19)16-11-7-8-11/h4-6,11H,3,7-8H2,1-2H3,(H4,15,16,17,18,19). The lowest BCUT2D eigenvalue weighted by molar-refractivity contribution is 0.913. The molecule has 1 aliphatic rings. The largest absolute Gasteiger partial charge is 0.369 e. The van der Waals surface area contributed by atoms with Crippen LogP contribution >= 0.6 is 12.2 Å². The lowest BCUT2D eigenvalue weighted by Crippen LogP contribution is -2.29. The number of para-hydroxylation sites is 1. The molecular weight excluding hydrogens is 256 g/mol. The van der Waals surface area contributed by atoms with Gasteiger partial charge in [-0.2, -0.15) is 4.99 Å². The highest BCUT2D eigenvalue weighted by molar-refractivity contribution is 7.80. The van der Waals surface area contributed by atoms with Crippen LogP contribution in [0.15, 0.2) is 23.2 Å². The van der Waals surface area contributed by atoms with Crippen LogP contribution in [0.1, 0.15) is 30.9 Å². The number of guanidine groups is 1. The lowest BCUT2D eigenvalue weighted by atomic mass is 10.1. The van der Waals surface area contributed by atoms with E-state index in [1.54, 1.807) is 0 Å². The fraction of sp³-hybridized carbons (Fsp3) is 0.429. The summed E-state index contributed by atoms with van der Waals surface area (Å²) in [6.07, 6.45) is 3.28. The van der Waals surface area contributed by atoms with Gasteiger partial charge in [-0.05, 0) is 49.5 Å². The molecule has 1 fully saturated rings. The third kappa shape index (κ3) is 3.92. The lowest BCUT2D eigenvalue weighted by Gasteiger charge is -2.13. The summed E-state index contributed by atoms with van der Waals surface area (Å²) in [7, 11) is 0. The number of hydrogen-bond donors (Lipinski definition) is 3. The number of benzene rings is 1. The summed E-state index contributed by atoms with van der Waals surface area (Å²) in [5.74, 6) is 0.335. The first-order chi connectivity index (χ1) is 9.10. The predicted octanol–water partition coefficient (Wildman–Crippen LogP) is 2.32. The van der Waals surface area contributed by atoms with Gasteiger partial charge < -0.3 is 16.4 Å². The number of hydrogen-bond acceptors (Lipinski definition) is 1. The molecule has 4 N–H and O–H groups in total. The monoisotopic (exact) mass is 276 g/mol. The van der Waals surface area contributed by atoms with Crippen LogP contribution in [-0.2, 0) is 6.42 Å². The minimum Gasteiger partial charge on any atom is -0.369 e. The van der Waals surface area contributed by atoms with Crippen molar-refractivity contribution in [1.82, 2.24) is 5.32 Å². The molecule has 0 radical (unpaired) electrons. The number of nitrogens with two attached hydrogens (primary N) is 1. The molecule has 1 saturated carbocycles. The Labute approximate surface area is 119 Å². The highest BCUT2D eigenvalue weighted by Crippen LogP contribution is 2.21. The summed E-state index contributed by atoms with van der Waals surface area (Å²) in [4.78, 5) is 4.17. The molecule has 0 spiro atoms. The fourth-order valence-corrected chi connectivity index (χ4v) is 2.17. The third-order valence-corrected chi connectivity index (χ3v) is 3.33. The van der Waals surface area contributed by atoms with Gasteiger partial charge in [0, 0.05) is 11.7 Å². The van der Waals surface area contributed by atoms with E-state index in [0.717, 1.165) is 17.7 Å². The van der Waals surface area contributed by atoms with Crippen LogP contribution in [-0.4, -0.2) is 17.1 Å². The Balaban J connectivity index is 2.06. The van der Waals surface area contributed by atoms with Gasteiger partial charge in [0.25, 0.3) is 0 Å². The Morgan fingerprint density at radius 3 is 2.84 bits per heavy atom. The second kappa shape index (κ2) is 6.02. The number of anilines is 1. The molecule has 0 atom stereocenters. The summed E-state index contributed by atoms with van der Waals surface area (Å²) in [5.41, 5.74) is 9.31. The van der Waals surface area contributed by atoms with Gasteiger partial charge in [0.1, 0.15) is 0 Å². The van der Waals surface area contributed by atoms with Gasteiger partial charge in [-0.1, -0.05) is 25.1 Å². The molecule has 0 heterocycles. The van der Waals surface area contributed by atoms with E-state index in [9.17, 15) is 0 Å². The number of rotatable bonds is 3.